The van der Waals surface area contributed by atoms with Gasteiger partial charge < -0.3 is 15.5 Å². The minimum absolute atomic E-state index is 0.723. The average Bonchev–Trinajstić information content (AvgIpc) is 2.34. The third-order valence-corrected chi connectivity index (χ3v) is 4.45. The minimum Gasteiger partial charge on any atom is -0.330 e. The van der Waals surface area contributed by atoms with Gasteiger partial charge in [0.25, 0.3) is 0 Å². The Balaban J connectivity index is 2.49. The van der Waals surface area contributed by atoms with Gasteiger partial charge in [0, 0.05) is 6.04 Å². The first-order valence-corrected chi connectivity index (χ1v) is 7.67. The molecule has 0 aromatic rings. The third kappa shape index (κ3) is 4.87. The minimum atomic E-state index is 0.723. The molecule has 1 saturated carbocycles. The third-order valence-electron chi connectivity index (χ3n) is 4.45. The highest BCUT2D eigenvalue weighted by atomic mass is 15.2. The van der Waals surface area contributed by atoms with E-state index in [2.05, 4.69) is 37.7 Å². The van der Waals surface area contributed by atoms with Crippen LogP contribution in [0.2, 0.25) is 0 Å². The SMILES string of the molecule is CCN(CCCN(C)C)C1CC(C)CCC1CN. The molecule has 0 radical (unpaired) electrons. The van der Waals surface area contributed by atoms with E-state index < -0.39 is 0 Å². The molecular formula is C15H33N3. The molecule has 0 bridgehead atoms. The van der Waals surface area contributed by atoms with Crippen LogP contribution in [0, 0.1) is 11.8 Å². The number of rotatable bonds is 7. The van der Waals surface area contributed by atoms with E-state index >= 15 is 0 Å². The highest BCUT2D eigenvalue weighted by molar-refractivity contribution is 4.86. The standard InChI is InChI=1S/C15H33N3/c1-5-18(10-6-9-17(3)4)15-11-13(2)7-8-14(15)12-16/h13-15H,5-12,16H2,1-4H3. The Morgan fingerprint density at radius 3 is 2.44 bits per heavy atom. The van der Waals surface area contributed by atoms with E-state index in [0.29, 0.717) is 0 Å². The van der Waals surface area contributed by atoms with E-state index in [1.807, 2.05) is 0 Å². The van der Waals surface area contributed by atoms with Crippen molar-refractivity contribution in [1.29, 1.82) is 0 Å². The summed E-state index contributed by atoms with van der Waals surface area (Å²) in [6.07, 6.45) is 5.31. The Morgan fingerprint density at radius 1 is 1.17 bits per heavy atom. The lowest BCUT2D eigenvalue weighted by Gasteiger charge is -2.41. The van der Waals surface area contributed by atoms with Gasteiger partial charge in [-0.05, 0) is 71.4 Å². The summed E-state index contributed by atoms with van der Waals surface area (Å²) in [6, 6.07) is 0.728. The molecule has 3 atom stereocenters. The molecule has 0 heterocycles. The van der Waals surface area contributed by atoms with Gasteiger partial charge >= 0.3 is 0 Å². The molecule has 3 nitrogen and oxygen atoms in total. The maximum atomic E-state index is 5.97. The van der Waals surface area contributed by atoms with Gasteiger partial charge in [-0.1, -0.05) is 20.3 Å². The Bertz CT molecular complexity index is 218. The van der Waals surface area contributed by atoms with Gasteiger partial charge in [-0.25, -0.2) is 0 Å². The maximum absolute atomic E-state index is 5.97. The lowest BCUT2D eigenvalue weighted by molar-refractivity contribution is 0.0874. The van der Waals surface area contributed by atoms with Crippen LogP contribution in [0.3, 0.4) is 0 Å². The van der Waals surface area contributed by atoms with E-state index in [4.69, 9.17) is 5.73 Å². The fourth-order valence-corrected chi connectivity index (χ4v) is 3.28. The molecule has 18 heavy (non-hydrogen) atoms. The van der Waals surface area contributed by atoms with E-state index in [0.717, 1.165) is 24.4 Å². The van der Waals surface area contributed by atoms with Crippen molar-refractivity contribution in [3.05, 3.63) is 0 Å². The molecule has 108 valence electrons. The van der Waals surface area contributed by atoms with E-state index in [-0.39, 0.29) is 0 Å². The van der Waals surface area contributed by atoms with E-state index in [1.165, 1.54) is 45.3 Å². The maximum Gasteiger partial charge on any atom is 0.0138 e. The topological polar surface area (TPSA) is 32.5 Å². The molecule has 0 amide bonds. The summed E-state index contributed by atoms with van der Waals surface area (Å²) in [5.41, 5.74) is 5.97. The molecule has 0 spiro atoms. The second-order valence-corrected chi connectivity index (χ2v) is 6.27. The Labute approximate surface area is 114 Å². The highest BCUT2D eigenvalue weighted by Gasteiger charge is 2.31. The lowest BCUT2D eigenvalue weighted by atomic mass is 9.78. The van der Waals surface area contributed by atoms with Crippen molar-refractivity contribution in [3.63, 3.8) is 0 Å². The van der Waals surface area contributed by atoms with Crippen molar-refractivity contribution in [2.75, 3.05) is 40.3 Å². The van der Waals surface area contributed by atoms with Crippen LogP contribution in [0.25, 0.3) is 0 Å². The van der Waals surface area contributed by atoms with Crippen molar-refractivity contribution in [2.24, 2.45) is 17.6 Å². The Kier molecular flexibility index (Phi) is 7.20. The van der Waals surface area contributed by atoms with Gasteiger partial charge in [-0.15, -0.1) is 0 Å². The number of hydrogen-bond donors (Lipinski definition) is 1. The first-order valence-electron chi connectivity index (χ1n) is 7.67. The van der Waals surface area contributed by atoms with Gasteiger partial charge in [0.05, 0.1) is 0 Å². The number of nitrogens with two attached hydrogens (primary N) is 1. The van der Waals surface area contributed by atoms with Crippen LogP contribution < -0.4 is 5.73 Å². The van der Waals surface area contributed by atoms with Crippen molar-refractivity contribution >= 4 is 0 Å². The largest absolute Gasteiger partial charge is 0.330 e. The molecule has 0 saturated heterocycles. The number of hydrogen-bond acceptors (Lipinski definition) is 3. The second-order valence-electron chi connectivity index (χ2n) is 6.27. The quantitative estimate of drug-likeness (QED) is 0.755. The molecule has 3 unspecified atom stereocenters. The fourth-order valence-electron chi connectivity index (χ4n) is 3.28. The molecule has 1 aliphatic carbocycles. The fraction of sp³-hybridized carbons (Fsp3) is 1.00. The molecule has 0 aromatic carbocycles. The van der Waals surface area contributed by atoms with Crippen LogP contribution in [0.5, 0.6) is 0 Å². The summed E-state index contributed by atoms with van der Waals surface area (Å²) >= 11 is 0. The summed E-state index contributed by atoms with van der Waals surface area (Å²) in [7, 11) is 4.31. The molecule has 0 aromatic heterocycles. The van der Waals surface area contributed by atoms with Crippen molar-refractivity contribution in [1.82, 2.24) is 9.80 Å². The predicted octanol–water partition coefficient (Wildman–Crippen LogP) is 2.02. The van der Waals surface area contributed by atoms with Crippen molar-refractivity contribution in [2.45, 2.75) is 45.6 Å². The molecule has 1 rings (SSSR count). The van der Waals surface area contributed by atoms with E-state index in [1.54, 1.807) is 0 Å². The van der Waals surface area contributed by atoms with Crippen LogP contribution in [0.4, 0.5) is 0 Å². The van der Waals surface area contributed by atoms with Crippen LogP contribution in [0.1, 0.15) is 39.5 Å². The molecule has 1 fully saturated rings. The zero-order chi connectivity index (χ0) is 13.5. The highest BCUT2D eigenvalue weighted by Crippen LogP contribution is 2.31. The molecule has 2 N–H and O–H groups in total. The Hall–Kier alpha value is -0.120. The van der Waals surface area contributed by atoms with Gasteiger partial charge in [0.15, 0.2) is 0 Å². The van der Waals surface area contributed by atoms with Crippen molar-refractivity contribution < 1.29 is 0 Å². The van der Waals surface area contributed by atoms with Gasteiger partial charge in [0.2, 0.25) is 0 Å². The smallest absolute Gasteiger partial charge is 0.0138 e. The van der Waals surface area contributed by atoms with Crippen LogP contribution in [-0.4, -0.2) is 56.1 Å². The van der Waals surface area contributed by atoms with Gasteiger partial charge in [-0.2, -0.15) is 0 Å². The second kappa shape index (κ2) is 8.13. The first kappa shape index (κ1) is 15.9. The van der Waals surface area contributed by atoms with Gasteiger partial charge in [-0.3, -0.25) is 0 Å². The van der Waals surface area contributed by atoms with E-state index in [9.17, 15) is 0 Å². The zero-order valence-corrected chi connectivity index (χ0v) is 12.9. The normalized spacial score (nSPS) is 29.2. The summed E-state index contributed by atoms with van der Waals surface area (Å²) in [4.78, 5) is 4.95. The summed E-state index contributed by atoms with van der Waals surface area (Å²) in [5.74, 6) is 1.60. The van der Waals surface area contributed by atoms with Gasteiger partial charge in [0.1, 0.15) is 0 Å². The van der Waals surface area contributed by atoms with Crippen LogP contribution >= 0.6 is 0 Å². The number of nitrogens with zero attached hydrogens (tertiary/aromatic N) is 2. The average molecular weight is 255 g/mol. The monoisotopic (exact) mass is 255 g/mol. The molecule has 3 heteroatoms. The Morgan fingerprint density at radius 2 is 1.89 bits per heavy atom. The van der Waals surface area contributed by atoms with Crippen molar-refractivity contribution in [3.8, 4) is 0 Å². The molecular weight excluding hydrogens is 222 g/mol. The van der Waals surface area contributed by atoms with Crippen LogP contribution in [-0.2, 0) is 0 Å². The summed E-state index contributed by atoms with van der Waals surface area (Å²) in [5, 5.41) is 0. The molecule has 1 aliphatic rings. The summed E-state index contributed by atoms with van der Waals surface area (Å²) < 4.78 is 0. The first-order chi connectivity index (χ1) is 8.58. The van der Waals surface area contributed by atoms with Crippen LogP contribution in [0.15, 0.2) is 0 Å². The predicted molar refractivity (Wildman–Crippen MR) is 79.8 cm³/mol. The lowest BCUT2D eigenvalue weighted by Crippen LogP contribution is -2.47. The zero-order valence-electron chi connectivity index (χ0n) is 12.9. The summed E-state index contributed by atoms with van der Waals surface area (Å²) in [6.45, 7) is 9.13. The molecule has 0 aliphatic heterocycles.